The van der Waals surface area contributed by atoms with Crippen LogP contribution in [0.25, 0.3) is 75.6 Å². The Kier molecular flexibility index (Phi) is 5.25. The zero-order valence-electron chi connectivity index (χ0n) is 28.7. The number of hydrogen-bond acceptors (Lipinski definition) is 3. The van der Waals surface area contributed by atoms with Gasteiger partial charge < -0.3 is 18.5 Å². The van der Waals surface area contributed by atoms with E-state index in [1.165, 1.54) is 75.4 Å². The number of rotatable bonds is 3. The summed E-state index contributed by atoms with van der Waals surface area (Å²) in [5.74, 6) is 0. The Morgan fingerprint density at radius 3 is 1.89 bits per heavy atom. The number of hydrogen-bond donors (Lipinski definition) is 0. The van der Waals surface area contributed by atoms with Crippen molar-refractivity contribution in [3.8, 4) is 11.4 Å². The van der Waals surface area contributed by atoms with Crippen molar-refractivity contribution in [3.05, 3.63) is 157 Å². The third kappa shape index (κ3) is 3.47. The highest BCUT2D eigenvalue weighted by atomic mass is 32.1. The fourth-order valence-corrected chi connectivity index (χ4v) is 11.0. The first-order valence-corrected chi connectivity index (χ1v) is 19.0. The summed E-state index contributed by atoms with van der Waals surface area (Å²) in [4.78, 5) is 2.36. The minimum absolute atomic E-state index is 0.116. The van der Waals surface area contributed by atoms with Gasteiger partial charge >= 0.3 is 0 Å². The molecule has 4 nitrogen and oxygen atoms in total. The molecule has 2 aliphatic heterocycles. The molecule has 0 fully saturated rings. The van der Waals surface area contributed by atoms with Crippen LogP contribution in [0.3, 0.4) is 0 Å². The minimum atomic E-state index is 0.116. The highest BCUT2D eigenvalue weighted by Crippen LogP contribution is 2.47. The highest BCUT2D eigenvalue weighted by molar-refractivity contribution is 7.26. The van der Waals surface area contributed by atoms with Gasteiger partial charge in [-0.25, -0.2) is 0 Å². The molecule has 0 aliphatic carbocycles. The first-order valence-electron chi connectivity index (χ1n) is 18.2. The molecule has 53 heavy (non-hydrogen) atoms. The van der Waals surface area contributed by atoms with Crippen LogP contribution in [0.4, 0.5) is 17.1 Å². The largest absolute Gasteiger partial charge is 0.454 e. The molecule has 0 unspecified atom stereocenters. The van der Waals surface area contributed by atoms with Gasteiger partial charge in [0.25, 0.3) is 6.71 Å². The normalized spacial score (nSPS) is 13.0. The van der Waals surface area contributed by atoms with E-state index in [-0.39, 0.29) is 6.71 Å². The zero-order valence-corrected chi connectivity index (χ0v) is 29.5. The van der Waals surface area contributed by atoms with Gasteiger partial charge in [0.15, 0.2) is 5.58 Å². The van der Waals surface area contributed by atoms with Crippen molar-refractivity contribution in [1.82, 2.24) is 9.13 Å². The molecule has 4 aromatic heterocycles. The molecule has 0 radical (unpaired) electrons. The molecular formula is C47H28BN3OS. The quantitative estimate of drug-likeness (QED) is 0.172. The van der Waals surface area contributed by atoms with Crippen molar-refractivity contribution >= 4 is 116 Å². The lowest BCUT2D eigenvalue weighted by Crippen LogP contribution is -2.59. The smallest absolute Gasteiger partial charge is 0.252 e. The molecular weight excluding hydrogens is 665 g/mol. The molecule has 0 bridgehead atoms. The summed E-state index contributed by atoms with van der Waals surface area (Å²) in [6, 6.07) is 55.5. The van der Waals surface area contributed by atoms with E-state index in [4.69, 9.17) is 4.42 Å². The first kappa shape index (κ1) is 28.1. The lowest BCUT2D eigenvalue weighted by Gasteiger charge is -2.34. The van der Waals surface area contributed by atoms with Crippen LogP contribution in [-0.4, -0.2) is 15.8 Å². The predicted molar refractivity (Wildman–Crippen MR) is 224 cm³/mol. The van der Waals surface area contributed by atoms with Gasteiger partial charge in [-0.05, 0) is 102 Å². The number of nitrogens with zero attached hydrogens (tertiary/aromatic N) is 3. The van der Waals surface area contributed by atoms with Gasteiger partial charge in [0.05, 0.1) is 21.3 Å². The van der Waals surface area contributed by atoms with Crippen molar-refractivity contribution in [2.45, 2.75) is 6.92 Å². The molecule has 0 atom stereocenters. The first-order chi connectivity index (χ1) is 26.2. The van der Waals surface area contributed by atoms with Crippen molar-refractivity contribution in [3.63, 3.8) is 0 Å². The Morgan fingerprint density at radius 1 is 0.528 bits per heavy atom. The van der Waals surface area contributed by atoms with E-state index in [0.717, 1.165) is 39.1 Å². The van der Waals surface area contributed by atoms with E-state index in [1.807, 2.05) is 11.3 Å². The summed E-state index contributed by atoms with van der Waals surface area (Å²) in [6.07, 6.45) is 0. The monoisotopic (exact) mass is 693 g/mol. The van der Waals surface area contributed by atoms with Crippen LogP contribution in [0, 0.1) is 6.92 Å². The van der Waals surface area contributed by atoms with Gasteiger partial charge in [0.1, 0.15) is 11.1 Å². The molecule has 0 saturated carbocycles. The van der Waals surface area contributed by atoms with E-state index in [0.29, 0.717) is 0 Å². The van der Waals surface area contributed by atoms with Crippen molar-refractivity contribution in [1.29, 1.82) is 0 Å². The van der Waals surface area contributed by atoms with Crippen LogP contribution in [0.2, 0.25) is 0 Å². The van der Waals surface area contributed by atoms with Gasteiger partial charge in [0.2, 0.25) is 0 Å². The number of aromatic nitrogens is 2. The molecule has 11 aromatic rings. The SMILES string of the molecule is Cc1cc2c3c(c1)-n1c4c(cccc4c4sc5cc(N(c6ccccc6)c6ccccc6)ccc5c41)B3c1cccc3c4oc5ccccc5c4n-2c13. The van der Waals surface area contributed by atoms with Gasteiger partial charge in [-0.2, -0.15) is 0 Å². The fraction of sp³-hybridized carbons (Fsp3) is 0.0213. The molecule has 0 N–H and O–H groups in total. The number of fused-ring (bicyclic) bond motifs is 14. The van der Waals surface area contributed by atoms with E-state index in [9.17, 15) is 0 Å². The number of para-hydroxylation sites is 5. The molecule has 2 aliphatic rings. The molecule has 7 aromatic carbocycles. The zero-order chi connectivity index (χ0) is 34.5. The average Bonchev–Trinajstić information content (AvgIpc) is 3.94. The van der Waals surface area contributed by atoms with E-state index < -0.39 is 0 Å². The molecule has 0 spiro atoms. The minimum Gasteiger partial charge on any atom is -0.454 e. The Labute approximate surface area is 308 Å². The van der Waals surface area contributed by atoms with E-state index in [1.54, 1.807) is 0 Å². The standard InChI is InChI=1S/C47H28BN3OS/c1-27-24-37-41-38(25-27)51-43-34(47-45(51)32-23-22-30(26-40(32)53-47)49(28-12-4-2-5-13-28)29-14-6-3-7-15-29)18-11-20-36(43)48(41)35-19-10-17-33-42(35)50(37)44-31-16-8-9-21-39(31)52-46(33)44/h2-26H,1H3. The Morgan fingerprint density at radius 2 is 1.15 bits per heavy atom. The van der Waals surface area contributed by atoms with E-state index >= 15 is 0 Å². The lowest BCUT2D eigenvalue weighted by molar-refractivity contribution is 0.673. The van der Waals surface area contributed by atoms with Gasteiger partial charge in [-0.15, -0.1) is 11.3 Å². The number of furan rings is 1. The number of benzene rings is 7. The molecule has 0 amide bonds. The maximum absolute atomic E-state index is 6.65. The summed E-state index contributed by atoms with van der Waals surface area (Å²) in [5, 5.41) is 4.94. The third-order valence-electron chi connectivity index (χ3n) is 11.7. The van der Waals surface area contributed by atoms with Crippen LogP contribution < -0.4 is 21.3 Å². The van der Waals surface area contributed by atoms with Gasteiger partial charge in [0, 0.05) is 54.7 Å². The Bertz CT molecular complexity index is 3330. The van der Waals surface area contributed by atoms with Crippen LogP contribution in [0.1, 0.15) is 5.56 Å². The average molecular weight is 694 g/mol. The summed E-state index contributed by atoms with van der Waals surface area (Å²) in [5.41, 5.74) is 18.2. The van der Waals surface area contributed by atoms with Gasteiger partial charge in [-0.3, -0.25) is 0 Å². The topological polar surface area (TPSA) is 26.2 Å². The second kappa shape index (κ2) is 9.88. The van der Waals surface area contributed by atoms with Gasteiger partial charge in [-0.1, -0.05) is 78.9 Å². The summed E-state index contributed by atoms with van der Waals surface area (Å²) in [6.45, 7) is 2.36. The Hall–Kier alpha value is -6.50. The van der Waals surface area contributed by atoms with E-state index in [2.05, 4.69) is 173 Å². The maximum atomic E-state index is 6.65. The fourth-order valence-electron chi connectivity index (χ4n) is 9.72. The molecule has 13 rings (SSSR count). The molecule has 246 valence electrons. The number of anilines is 3. The van der Waals surface area contributed by atoms with Crippen molar-refractivity contribution in [2.24, 2.45) is 0 Å². The summed E-state index contributed by atoms with van der Waals surface area (Å²) < 4.78 is 14.4. The molecule has 6 heteroatoms. The third-order valence-corrected chi connectivity index (χ3v) is 12.9. The number of thiophene rings is 1. The highest BCUT2D eigenvalue weighted by Gasteiger charge is 2.41. The lowest BCUT2D eigenvalue weighted by atomic mass is 9.34. The summed E-state index contributed by atoms with van der Waals surface area (Å²) >= 11 is 1.92. The molecule has 6 heterocycles. The van der Waals surface area contributed by atoms with Crippen LogP contribution in [0.5, 0.6) is 0 Å². The maximum Gasteiger partial charge on any atom is 0.252 e. The van der Waals surface area contributed by atoms with Crippen LogP contribution in [0.15, 0.2) is 156 Å². The summed E-state index contributed by atoms with van der Waals surface area (Å²) in [7, 11) is 0. The second-order valence-electron chi connectivity index (χ2n) is 14.6. The van der Waals surface area contributed by atoms with Crippen LogP contribution >= 0.6 is 11.3 Å². The van der Waals surface area contributed by atoms with Crippen molar-refractivity contribution in [2.75, 3.05) is 4.90 Å². The molecule has 0 saturated heterocycles. The Balaban J connectivity index is 1.12. The number of aryl methyl sites for hydroxylation is 1. The predicted octanol–water partition coefficient (Wildman–Crippen LogP) is 10.8. The van der Waals surface area contributed by atoms with Crippen LogP contribution in [-0.2, 0) is 0 Å². The van der Waals surface area contributed by atoms with Crippen molar-refractivity contribution < 1.29 is 4.42 Å². The second-order valence-corrected chi connectivity index (χ2v) is 15.6.